The standard InChI is InChI=1S/C12H18O3S/c1-13-10-8-12(15-3)11(14-2)7-9(10)5-4-6-16/h7-8,16H,4-6H2,1-3H3. The molecule has 1 aromatic rings. The van der Waals surface area contributed by atoms with Gasteiger partial charge in [-0.2, -0.15) is 12.6 Å². The van der Waals surface area contributed by atoms with E-state index in [0.717, 1.165) is 35.7 Å². The quantitative estimate of drug-likeness (QED) is 0.777. The number of hydrogen-bond acceptors (Lipinski definition) is 4. The molecular weight excluding hydrogens is 224 g/mol. The Morgan fingerprint density at radius 3 is 2.00 bits per heavy atom. The molecule has 90 valence electrons. The summed E-state index contributed by atoms with van der Waals surface area (Å²) in [5.41, 5.74) is 1.12. The van der Waals surface area contributed by atoms with E-state index in [1.54, 1.807) is 21.3 Å². The summed E-state index contributed by atoms with van der Waals surface area (Å²) >= 11 is 4.21. The molecule has 0 aliphatic carbocycles. The molecule has 0 aromatic heterocycles. The topological polar surface area (TPSA) is 27.7 Å². The number of benzene rings is 1. The molecule has 0 unspecified atom stereocenters. The third kappa shape index (κ3) is 2.98. The Kier molecular flexibility index (Phi) is 5.32. The molecular formula is C12H18O3S. The first-order chi connectivity index (χ1) is 7.76. The third-order valence-electron chi connectivity index (χ3n) is 2.39. The van der Waals surface area contributed by atoms with E-state index in [2.05, 4.69) is 12.6 Å². The molecule has 0 saturated carbocycles. The zero-order valence-corrected chi connectivity index (χ0v) is 10.8. The van der Waals surface area contributed by atoms with Crippen molar-refractivity contribution in [3.05, 3.63) is 17.7 Å². The maximum absolute atomic E-state index is 5.32. The predicted molar refractivity (Wildman–Crippen MR) is 68.3 cm³/mol. The van der Waals surface area contributed by atoms with Gasteiger partial charge < -0.3 is 14.2 Å². The van der Waals surface area contributed by atoms with E-state index in [0.29, 0.717) is 5.75 Å². The summed E-state index contributed by atoms with van der Waals surface area (Å²) in [6, 6.07) is 3.81. The monoisotopic (exact) mass is 242 g/mol. The average Bonchev–Trinajstić information content (AvgIpc) is 2.35. The zero-order valence-electron chi connectivity index (χ0n) is 9.95. The zero-order chi connectivity index (χ0) is 12.0. The summed E-state index contributed by atoms with van der Waals surface area (Å²) in [5, 5.41) is 0. The smallest absolute Gasteiger partial charge is 0.164 e. The van der Waals surface area contributed by atoms with Gasteiger partial charge in [-0.15, -0.1) is 0 Å². The largest absolute Gasteiger partial charge is 0.496 e. The van der Waals surface area contributed by atoms with Gasteiger partial charge in [0.15, 0.2) is 11.5 Å². The van der Waals surface area contributed by atoms with Crippen molar-refractivity contribution in [2.75, 3.05) is 27.1 Å². The summed E-state index contributed by atoms with van der Waals surface area (Å²) in [6.07, 6.45) is 1.93. The van der Waals surface area contributed by atoms with Gasteiger partial charge in [-0.25, -0.2) is 0 Å². The van der Waals surface area contributed by atoms with Crippen molar-refractivity contribution < 1.29 is 14.2 Å². The SMILES string of the molecule is COc1cc(OC)c(OC)cc1CCCS. The van der Waals surface area contributed by atoms with Gasteiger partial charge in [0.1, 0.15) is 5.75 Å². The fourth-order valence-corrected chi connectivity index (χ4v) is 1.72. The third-order valence-corrected chi connectivity index (χ3v) is 2.71. The van der Waals surface area contributed by atoms with Crippen LogP contribution >= 0.6 is 12.6 Å². The Bertz CT molecular complexity index is 339. The lowest BCUT2D eigenvalue weighted by Crippen LogP contribution is -1.97. The molecule has 0 bridgehead atoms. The first-order valence-electron chi connectivity index (χ1n) is 5.16. The van der Waals surface area contributed by atoms with Crippen LogP contribution in [0.2, 0.25) is 0 Å². The van der Waals surface area contributed by atoms with E-state index in [4.69, 9.17) is 14.2 Å². The molecule has 1 rings (SSSR count). The second-order valence-corrected chi connectivity index (χ2v) is 3.79. The van der Waals surface area contributed by atoms with Crippen LogP contribution < -0.4 is 14.2 Å². The van der Waals surface area contributed by atoms with Crippen LogP contribution in [-0.2, 0) is 6.42 Å². The molecule has 0 aliphatic heterocycles. The highest BCUT2D eigenvalue weighted by Crippen LogP contribution is 2.35. The maximum atomic E-state index is 5.32. The molecule has 0 saturated heterocycles. The molecule has 3 nitrogen and oxygen atoms in total. The molecule has 0 spiro atoms. The Morgan fingerprint density at radius 2 is 1.50 bits per heavy atom. The van der Waals surface area contributed by atoms with Gasteiger partial charge in [0, 0.05) is 6.07 Å². The lowest BCUT2D eigenvalue weighted by molar-refractivity contribution is 0.347. The highest BCUT2D eigenvalue weighted by molar-refractivity contribution is 7.80. The molecule has 4 heteroatoms. The van der Waals surface area contributed by atoms with Crippen LogP contribution in [0.1, 0.15) is 12.0 Å². The van der Waals surface area contributed by atoms with Crippen molar-refractivity contribution in [1.29, 1.82) is 0 Å². The van der Waals surface area contributed by atoms with E-state index in [1.165, 1.54) is 0 Å². The Hall–Kier alpha value is -1.03. The van der Waals surface area contributed by atoms with Gasteiger partial charge in [-0.05, 0) is 30.2 Å². The van der Waals surface area contributed by atoms with Crippen LogP contribution in [-0.4, -0.2) is 27.1 Å². The van der Waals surface area contributed by atoms with Crippen molar-refractivity contribution in [2.45, 2.75) is 12.8 Å². The summed E-state index contributed by atoms with van der Waals surface area (Å²) < 4.78 is 15.8. The fraction of sp³-hybridized carbons (Fsp3) is 0.500. The Balaban J connectivity index is 3.05. The first kappa shape index (κ1) is 13.0. The summed E-state index contributed by atoms with van der Waals surface area (Å²) in [4.78, 5) is 0. The number of ether oxygens (including phenoxy) is 3. The van der Waals surface area contributed by atoms with Crippen molar-refractivity contribution in [3.8, 4) is 17.2 Å². The van der Waals surface area contributed by atoms with Crippen LogP contribution in [0, 0.1) is 0 Å². The number of methoxy groups -OCH3 is 3. The van der Waals surface area contributed by atoms with E-state index in [-0.39, 0.29) is 0 Å². The molecule has 0 N–H and O–H groups in total. The minimum Gasteiger partial charge on any atom is -0.496 e. The molecule has 0 radical (unpaired) electrons. The number of thiol groups is 1. The van der Waals surface area contributed by atoms with E-state index >= 15 is 0 Å². The maximum Gasteiger partial charge on any atom is 0.164 e. The second-order valence-electron chi connectivity index (χ2n) is 3.35. The van der Waals surface area contributed by atoms with Crippen LogP contribution in [0.25, 0.3) is 0 Å². The van der Waals surface area contributed by atoms with E-state index < -0.39 is 0 Å². The van der Waals surface area contributed by atoms with E-state index in [9.17, 15) is 0 Å². The van der Waals surface area contributed by atoms with Crippen molar-refractivity contribution in [1.82, 2.24) is 0 Å². The number of hydrogen-bond donors (Lipinski definition) is 1. The van der Waals surface area contributed by atoms with Crippen molar-refractivity contribution in [3.63, 3.8) is 0 Å². The molecule has 0 atom stereocenters. The first-order valence-corrected chi connectivity index (χ1v) is 5.79. The molecule has 0 aliphatic rings. The summed E-state index contributed by atoms with van der Waals surface area (Å²) in [5.74, 6) is 3.11. The molecule has 0 amide bonds. The van der Waals surface area contributed by atoms with Gasteiger partial charge in [0.05, 0.1) is 21.3 Å². The molecule has 0 fully saturated rings. The molecule has 1 aromatic carbocycles. The fourth-order valence-electron chi connectivity index (χ4n) is 1.56. The highest BCUT2D eigenvalue weighted by atomic mass is 32.1. The predicted octanol–water partition coefficient (Wildman–Crippen LogP) is 2.57. The van der Waals surface area contributed by atoms with Crippen LogP contribution in [0.3, 0.4) is 0 Å². The highest BCUT2D eigenvalue weighted by Gasteiger charge is 2.11. The van der Waals surface area contributed by atoms with Crippen LogP contribution in [0.4, 0.5) is 0 Å². The minimum absolute atomic E-state index is 0.689. The lowest BCUT2D eigenvalue weighted by Gasteiger charge is -2.13. The average molecular weight is 242 g/mol. The normalized spacial score (nSPS) is 10.0. The van der Waals surface area contributed by atoms with E-state index in [1.807, 2.05) is 12.1 Å². The summed E-state index contributed by atoms with van der Waals surface area (Å²) in [6.45, 7) is 0. The van der Waals surface area contributed by atoms with Gasteiger partial charge in [-0.1, -0.05) is 0 Å². The van der Waals surface area contributed by atoms with Crippen molar-refractivity contribution in [2.24, 2.45) is 0 Å². The number of rotatable bonds is 6. The molecule has 16 heavy (non-hydrogen) atoms. The summed E-state index contributed by atoms with van der Waals surface area (Å²) in [7, 11) is 4.91. The number of aryl methyl sites for hydroxylation is 1. The Labute approximate surface area is 102 Å². The van der Waals surface area contributed by atoms with Crippen molar-refractivity contribution >= 4 is 12.6 Å². The van der Waals surface area contributed by atoms with Gasteiger partial charge in [-0.3, -0.25) is 0 Å². The van der Waals surface area contributed by atoms with Gasteiger partial charge in [0.25, 0.3) is 0 Å². The van der Waals surface area contributed by atoms with Gasteiger partial charge in [0.2, 0.25) is 0 Å². The minimum atomic E-state index is 0.689. The lowest BCUT2D eigenvalue weighted by atomic mass is 10.1. The Morgan fingerprint density at radius 1 is 0.938 bits per heavy atom. The van der Waals surface area contributed by atoms with Gasteiger partial charge >= 0.3 is 0 Å². The molecule has 0 heterocycles. The van der Waals surface area contributed by atoms with Crippen LogP contribution in [0.5, 0.6) is 17.2 Å². The second kappa shape index (κ2) is 6.53. The van der Waals surface area contributed by atoms with Crippen LogP contribution in [0.15, 0.2) is 12.1 Å².